The predicted molar refractivity (Wildman–Crippen MR) is 174 cm³/mol. The van der Waals surface area contributed by atoms with Gasteiger partial charge in [-0.2, -0.15) is 10.2 Å². The Morgan fingerprint density at radius 3 is 1.29 bits per heavy atom. The van der Waals surface area contributed by atoms with Crippen molar-refractivity contribution in [3.8, 4) is 5.69 Å². The van der Waals surface area contributed by atoms with E-state index in [-0.39, 0.29) is 0 Å². The van der Waals surface area contributed by atoms with Crippen LogP contribution in [0.5, 0.6) is 0 Å². The summed E-state index contributed by atoms with van der Waals surface area (Å²) in [6, 6.07) is 51.6. The molecule has 0 unspecified atom stereocenters. The van der Waals surface area contributed by atoms with Crippen molar-refractivity contribution in [3.05, 3.63) is 162 Å². The summed E-state index contributed by atoms with van der Waals surface area (Å²) >= 11 is 0. The van der Waals surface area contributed by atoms with Crippen molar-refractivity contribution in [1.29, 1.82) is 0 Å². The lowest BCUT2D eigenvalue weighted by Gasteiger charge is -2.07. The van der Waals surface area contributed by atoms with Crippen LogP contribution in [0.1, 0.15) is 22.6 Å². The van der Waals surface area contributed by atoms with E-state index < -0.39 is 0 Å². The van der Waals surface area contributed by atoms with Crippen LogP contribution in [0, 0.1) is 0 Å². The van der Waals surface area contributed by atoms with Crippen LogP contribution >= 0.6 is 0 Å². The summed E-state index contributed by atoms with van der Waals surface area (Å²) < 4.78 is 2.31. The number of hydrogen-bond acceptors (Lipinski definition) is 2. The highest BCUT2D eigenvalue weighted by Gasteiger charge is 2.38. The molecule has 1 aliphatic carbocycles. The summed E-state index contributed by atoms with van der Waals surface area (Å²) in [4.78, 5) is 0. The van der Waals surface area contributed by atoms with Crippen LogP contribution < -0.4 is 0 Å². The molecule has 0 spiro atoms. The first kappa shape index (κ1) is 23.2. The summed E-state index contributed by atoms with van der Waals surface area (Å²) in [6.07, 6.45) is 0. The molecule has 9 rings (SSSR count). The third-order valence-electron chi connectivity index (χ3n) is 8.70. The molecule has 8 aromatic rings. The Bertz CT molecular complexity index is 2230. The Morgan fingerprint density at radius 2 is 0.786 bits per heavy atom. The van der Waals surface area contributed by atoms with Crippen LogP contribution in [0.3, 0.4) is 0 Å². The molecule has 1 aromatic heterocycles. The van der Waals surface area contributed by atoms with Gasteiger partial charge in [-0.05, 0) is 86.8 Å². The number of fused-ring (bicyclic) bond motifs is 9. The largest absolute Gasteiger partial charge is 0.309 e. The van der Waals surface area contributed by atoms with Crippen LogP contribution in [-0.4, -0.2) is 4.57 Å². The van der Waals surface area contributed by atoms with E-state index in [0.29, 0.717) is 5.92 Å². The lowest BCUT2D eigenvalue weighted by atomic mass is 10.0. The topological polar surface area (TPSA) is 29.6 Å². The van der Waals surface area contributed by atoms with Crippen LogP contribution in [0.25, 0.3) is 49.0 Å². The van der Waals surface area contributed by atoms with E-state index in [0.717, 1.165) is 17.1 Å². The number of aromatic nitrogens is 1. The summed E-state index contributed by atoms with van der Waals surface area (Å²) in [5.74, 6) is 0.342. The SMILES string of the molecule is c1ccc2c(c1)c1c(c3ccccc32)C1c1ccc(N=Nc2ccc(-n3c4ccccc4c4ccccc43)cc2)cc1. The van der Waals surface area contributed by atoms with Crippen LogP contribution in [0.2, 0.25) is 0 Å². The van der Waals surface area contributed by atoms with E-state index in [1.807, 2.05) is 12.1 Å². The third-order valence-corrected chi connectivity index (χ3v) is 8.70. The molecule has 7 aromatic carbocycles. The van der Waals surface area contributed by atoms with Crippen LogP contribution in [0.15, 0.2) is 156 Å². The smallest absolute Gasteiger partial charge is 0.0858 e. The Hall–Kier alpha value is -5.54. The van der Waals surface area contributed by atoms with Gasteiger partial charge in [0.05, 0.1) is 22.4 Å². The molecule has 1 aliphatic rings. The van der Waals surface area contributed by atoms with Gasteiger partial charge in [-0.15, -0.1) is 0 Å². The second kappa shape index (κ2) is 8.98. The molecule has 0 radical (unpaired) electrons. The van der Waals surface area contributed by atoms with Gasteiger partial charge in [-0.3, -0.25) is 0 Å². The number of azo groups is 1. The highest BCUT2D eigenvalue weighted by atomic mass is 15.1. The van der Waals surface area contributed by atoms with E-state index in [1.54, 1.807) is 0 Å². The summed E-state index contributed by atoms with van der Waals surface area (Å²) in [7, 11) is 0. The molecule has 0 aliphatic heterocycles. The second-order valence-corrected chi connectivity index (χ2v) is 11.0. The van der Waals surface area contributed by atoms with E-state index in [4.69, 9.17) is 0 Å². The van der Waals surface area contributed by atoms with Crippen molar-refractivity contribution in [3.63, 3.8) is 0 Å². The minimum Gasteiger partial charge on any atom is -0.309 e. The van der Waals surface area contributed by atoms with Gasteiger partial charge in [0.25, 0.3) is 0 Å². The average Bonchev–Trinajstić information content (AvgIpc) is 3.73. The fourth-order valence-corrected chi connectivity index (χ4v) is 6.78. The molecule has 0 amide bonds. The second-order valence-electron chi connectivity index (χ2n) is 11.0. The maximum absolute atomic E-state index is 4.56. The minimum absolute atomic E-state index is 0.342. The van der Waals surface area contributed by atoms with E-state index in [1.165, 1.54) is 60.0 Å². The molecule has 3 nitrogen and oxygen atoms in total. The zero-order valence-electron chi connectivity index (χ0n) is 22.8. The molecular formula is C39H25N3. The molecule has 0 saturated carbocycles. The summed E-state index contributed by atoms with van der Waals surface area (Å²) in [5, 5.41) is 17.0. The molecule has 196 valence electrons. The van der Waals surface area contributed by atoms with E-state index in [9.17, 15) is 0 Å². The molecule has 0 bridgehead atoms. The van der Waals surface area contributed by atoms with Gasteiger partial charge in [-0.25, -0.2) is 0 Å². The van der Waals surface area contributed by atoms with Gasteiger partial charge in [0.15, 0.2) is 0 Å². The highest BCUT2D eigenvalue weighted by molar-refractivity contribution is 6.15. The van der Waals surface area contributed by atoms with Gasteiger partial charge < -0.3 is 4.57 Å². The molecule has 0 atom stereocenters. The first-order chi connectivity index (χ1) is 20.8. The maximum atomic E-state index is 4.56. The molecule has 0 fully saturated rings. The quantitative estimate of drug-likeness (QED) is 0.158. The monoisotopic (exact) mass is 535 g/mol. The number of para-hydroxylation sites is 2. The number of benzene rings is 7. The standard InChI is InChI=1S/C39H25N3/c1-3-13-33-29(9-1)30-10-2-4-14-34(30)39-37(38(33)39)25-17-19-26(20-18-25)40-41-27-21-23-28(24-22-27)42-35-15-7-5-11-31(35)32-12-6-8-16-36(32)42/h1-24,37H. The predicted octanol–water partition coefficient (Wildman–Crippen LogP) is 11.0. The summed E-state index contributed by atoms with van der Waals surface area (Å²) in [5.41, 5.74) is 9.42. The fourth-order valence-electron chi connectivity index (χ4n) is 6.78. The van der Waals surface area contributed by atoms with Gasteiger partial charge in [0.2, 0.25) is 0 Å². The third kappa shape index (κ3) is 3.47. The lowest BCUT2D eigenvalue weighted by molar-refractivity contribution is 1.17. The van der Waals surface area contributed by atoms with Crippen molar-refractivity contribution in [2.45, 2.75) is 5.92 Å². The first-order valence-corrected chi connectivity index (χ1v) is 14.4. The van der Waals surface area contributed by atoms with E-state index >= 15 is 0 Å². The van der Waals surface area contributed by atoms with Crippen molar-refractivity contribution < 1.29 is 0 Å². The average molecular weight is 536 g/mol. The van der Waals surface area contributed by atoms with Gasteiger partial charge in [0, 0.05) is 22.4 Å². The summed E-state index contributed by atoms with van der Waals surface area (Å²) in [6.45, 7) is 0. The van der Waals surface area contributed by atoms with Crippen molar-refractivity contribution in [2.24, 2.45) is 10.2 Å². The Labute approximate surface area is 243 Å². The Morgan fingerprint density at radius 1 is 0.381 bits per heavy atom. The number of nitrogens with zero attached hydrogens (tertiary/aromatic N) is 3. The Kier molecular flexibility index (Phi) is 4.96. The van der Waals surface area contributed by atoms with Crippen molar-refractivity contribution in [1.82, 2.24) is 4.57 Å². The zero-order valence-corrected chi connectivity index (χ0v) is 22.8. The minimum atomic E-state index is 0.342. The van der Waals surface area contributed by atoms with Crippen LogP contribution in [0.4, 0.5) is 11.4 Å². The number of rotatable bonds is 4. The lowest BCUT2D eigenvalue weighted by Crippen LogP contribution is -1.92. The van der Waals surface area contributed by atoms with Crippen molar-refractivity contribution >= 4 is 54.7 Å². The highest BCUT2D eigenvalue weighted by Crippen LogP contribution is 2.56. The molecular weight excluding hydrogens is 510 g/mol. The molecule has 1 heterocycles. The van der Waals surface area contributed by atoms with Crippen molar-refractivity contribution in [2.75, 3.05) is 0 Å². The van der Waals surface area contributed by atoms with Gasteiger partial charge in [-0.1, -0.05) is 97.1 Å². The Balaban J connectivity index is 0.998. The maximum Gasteiger partial charge on any atom is 0.0858 e. The van der Waals surface area contributed by atoms with Crippen LogP contribution in [-0.2, 0) is 0 Å². The molecule has 3 heteroatoms. The van der Waals surface area contributed by atoms with E-state index in [2.05, 4.69) is 148 Å². The zero-order chi connectivity index (χ0) is 27.6. The molecule has 42 heavy (non-hydrogen) atoms. The first-order valence-electron chi connectivity index (χ1n) is 14.4. The molecule has 0 saturated heterocycles. The molecule has 0 N–H and O–H groups in total. The van der Waals surface area contributed by atoms with Gasteiger partial charge >= 0.3 is 0 Å². The fraction of sp³-hybridized carbons (Fsp3) is 0.0256. The van der Waals surface area contributed by atoms with Gasteiger partial charge in [0.1, 0.15) is 0 Å². The normalized spacial score (nSPS) is 13.0. The number of hydrogen-bond donors (Lipinski definition) is 0.